The molecule has 0 aliphatic heterocycles. The number of nitrogens with zero attached hydrogens (tertiary/aromatic N) is 1. The van der Waals surface area contributed by atoms with E-state index in [4.69, 9.17) is 11.6 Å². The number of halogens is 2. The molecule has 0 aliphatic rings. The van der Waals surface area contributed by atoms with Gasteiger partial charge in [0, 0.05) is 0 Å². The minimum absolute atomic E-state index is 0.0502. The second-order valence-corrected chi connectivity index (χ2v) is 2.77. The molecule has 2 aromatic rings. The highest BCUT2D eigenvalue weighted by atomic mass is 35.5. The Bertz CT molecular complexity index is 523. The predicted octanol–water partition coefficient (Wildman–Crippen LogP) is 1.98. The van der Waals surface area contributed by atoms with Gasteiger partial charge in [0.2, 0.25) is 0 Å². The van der Waals surface area contributed by atoms with Crippen LogP contribution in [0.4, 0.5) is 4.39 Å². The van der Waals surface area contributed by atoms with Crippen molar-refractivity contribution in [3.8, 4) is 0 Å². The highest BCUT2D eigenvalue weighted by Gasteiger charge is 2.05. The Kier molecular flexibility index (Phi) is 1.77. The van der Waals surface area contributed by atoms with E-state index >= 15 is 0 Å². The van der Waals surface area contributed by atoms with Gasteiger partial charge in [0.1, 0.15) is 16.6 Å². The van der Waals surface area contributed by atoms with E-state index in [9.17, 15) is 9.18 Å². The van der Waals surface area contributed by atoms with Crippen molar-refractivity contribution in [2.24, 2.45) is 0 Å². The molecular formula is C8H3ClFNO2. The van der Waals surface area contributed by atoms with Crippen LogP contribution < -0.4 is 5.76 Å². The van der Waals surface area contributed by atoms with Gasteiger partial charge < -0.3 is 4.42 Å². The zero-order valence-corrected chi connectivity index (χ0v) is 7.01. The molecule has 0 N–H and O–H groups in total. The van der Waals surface area contributed by atoms with Gasteiger partial charge in [-0.05, 0) is 18.2 Å². The second kappa shape index (κ2) is 2.81. The topological polar surface area (TPSA) is 43.1 Å². The Morgan fingerprint density at radius 3 is 3.00 bits per heavy atom. The fraction of sp³-hybridized carbons (Fsp3) is 0. The van der Waals surface area contributed by atoms with E-state index in [0.29, 0.717) is 5.39 Å². The van der Waals surface area contributed by atoms with Gasteiger partial charge in [-0.25, -0.2) is 9.18 Å². The summed E-state index contributed by atoms with van der Waals surface area (Å²) in [5.74, 6) is -1.24. The number of hydrogen-bond acceptors (Lipinski definition) is 3. The summed E-state index contributed by atoms with van der Waals surface area (Å²) >= 11 is 5.60. The maximum absolute atomic E-state index is 12.7. The quantitative estimate of drug-likeness (QED) is 0.652. The van der Waals surface area contributed by atoms with Crippen LogP contribution in [0.15, 0.2) is 27.4 Å². The molecule has 2 rings (SSSR count). The molecule has 0 saturated heterocycles. The number of fused-ring (bicyclic) bond motifs is 1. The third-order valence-electron chi connectivity index (χ3n) is 1.55. The Labute approximate surface area is 76.8 Å². The maximum atomic E-state index is 12.7. The Morgan fingerprint density at radius 2 is 2.23 bits per heavy atom. The number of aromatic nitrogens is 1. The van der Waals surface area contributed by atoms with E-state index in [0.717, 1.165) is 6.07 Å². The molecule has 3 nitrogen and oxygen atoms in total. The lowest BCUT2D eigenvalue weighted by atomic mass is 10.2. The zero-order valence-electron chi connectivity index (χ0n) is 6.25. The summed E-state index contributed by atoms with van der Waals surface area (Å²) in [4.78, 5) is 14.1. The van der Waals surface area contributed by atoms with Gasteiger partial charge >= 0.3 is 5.76 Å². The van der Waals surface area contributed by atoms with Crippen LogP contribution in [-0.4, -0.2) is 4.98 Å². The molecule has 1 aromatic carbocycles. The highest BCUT2D eigenvalue weighted by Crippen LogP contribution is 2.19. The van der Waals surface area contributed by atoms with E-state index in [-0.39, 0.29) is 10.7 Å². The first-order valence-electron chi connectivity index (χ1n) is 3.43. The van der Waals surface area contributed by atoms with Gasteiger partial charge in [-0.3, -0.25) is 0 Å². The molecule has 0 fully saturated rings. The van der Waals surface area contributed by atoms with Gasteiger partial charge in [0.15, 0.2) is 0 Å². The predicted molar refractivity (Wildman–Crippen MR) is 45.2 cm³/mol. The molecule has 0 bridgehead atoms. The van der Waals surface area contributed by atoms with Gasteiger partial charge in [0.05, 0.1) is 5.39 Å². The summed E-state index contributed by atoms with van der Waals surface area (Å²) < 4.78 is 17.4. The Morgan fingerprint density at radius 1 is 1.46 bits per heavy atom. The van der Waals surface area contributed by atoms with Crippen LogP contribution in [0.25, 0.3) is 11.0 Å². The standard InChI is InChI=1S/C8H3ClFNO2/c9-7-5-3-4(10)1-2-6(5)13-8(12)11-7/h1-3H. The van der Waals surface area contributed by atoms with Gasteiger partial charge in [-0.1, -0.05) is 11.6 Å². The van der Waals surface area contributed by atoms with Crippen molar-refractivity contribution < 1.29 is 8.81 Å². The van der Waals surface area contributed by atoms with Gasteiger partial charge in [-0.15, -0.1) is 0 Å². The molecule has 5 heteroatoms. The van der Waals surface area contributed by atoms with Crippen molar-refractivity contribution in [1.82, 2.24) is 4.98 Å². The lowest BCUT2D eigenvalue weighted by Crippen LogP contribution is -2.03. The fourth-order valence-corrected chi connectivity index (χ4v) is 1.23. The summed E-state index contributed by atoms with van der Waals surface area (Å²) in [7, 11) is 0. The maximum Gasteiger partial charge on any atom is 0.440 e. The molecule has 0 radical (unpaired) electrons. The first-order chi connectivity index (χ1) is 6.16. The molecule has 1 aromatic heterocycles. The molecular weight excluding hydrogens is 197 g/mol. The third-order valence-corrected chi connectivity index (χ3v) is 1.84. The third kappa shape index (κ3) is 1.40. The van der Waals surface area contributed by atoms with Crippen molar-refractivity contribution in [3.05, 3.63) is 39.7 Å². The number of rotatable bonds is 0. The Hall–Kier alpha value is -1.42. The SMILES string of the molecule is O=c1nc(Cl)c2cc(F)ccc2o1. The summed E-state index contributed by atoms with van der Waals surface area (Å²) in [6, 6.07) is 3.68. The van der Waals surface area contributed by atoms with Crippen molar-refractivity contribution in [2.45, 2.75) is 0 Å². The van der Waals surface area contributed by atoms with E-state index < -0.39 is 11.6 Å². The molecule has 0 saturated carbocycles. The molecule has 0 spiro atoms. The molecule has 13 heavy (non-hydrogen) atoms. The van der Waals surface area contributed by atoms with Gasteiger partial charge in [-0.2, -0.15) is 4.98 Å². The van der Waals surface area contributed by atoms with Crippen molar-refractivity contribution in [1.29, 1.82) is 0 Å². The van der Waals surface area contributed by atoms with Crippen LogP contribution in [0, 0.1) is 5.82 Å². The lowest BCUT2D eigenvalue weighted by molar-refractivity contribution is 0.530. The number of hydrogen-bond donors (Lipinski definition) is 0. The average molecular weight is 200 g/mol. The lowest BCUT2D eigenvalue weighted by Gasteiger charge is -1.96. The van der Waals surface area contributed by atoms with E-state index in [1.54, 1.807) is 0 Å². The van der Waals surface area contributed by atoms with Gasteiger partial charge in [0.25, 0.3) is 0 Å². The monoisotopic (exact) mass is 199 g/mol. The summed E-state index contributed by atoms with van der Waals surface area (Å²) in [6.07, 6.45) is 0. The Balaban J connectivity index is 2.95. The normalized spacial score (nSPS) is 10.6. The van der Waals surface area contributed by atoms with Crippen LogP contribution >= 0.6 is 11.6 Å². The van der Waals surface area contributed by atoms with E-state index in [1.807, 2.05) is 0 Å². The van der Waals surface area contributed by atoms with Crippen LogP contribution in [-0.2, 0) is 0 Å². The van der Waals surface area contributed by atoms with E-state index in [1.165, 1.54) is 12.1 Å². The minimum Gasteiger partial charge on any atom is -0.408 e. The molecule has 0 amide bonds. The highest BCUT2D eigenvalue weighted by molar-refractivity contribution is 6.33. The smallest absolute Gasteiger partial charge is 0.408 e. The first-order valence-corrected chi connectivity index (χ1v) is 3.80. The summed E-state index contributed by atoms with van der Waals surface area (Å²) in [5.41, 5.74) is 0.228. The van der Waals surface area contributed by atoms with Crippen LogP contribution in [0.3, 0.4) is 0 Å². The van der Waals surface area contributed by atoms with Crippen molar-refractivity contribution >= 4 is 22.6 Å². The molecule has 1 heterocycles. The minimum atomic E-state index is -0.788. The first kappa shape index (κ1) is 8.19. The van der Waals surface area contributed by atoms with Crippen molar-refractivity contribution in [2.75, 3.05) is 0 Å². The second-order valence-electron chi connectivity index (χ2n) is 2.41. The van der Waals surface area contributed by atoms with Crippen LogP contribution in [0.1, 0.15) is 0 Å². The molecule has 66 valence electrons. The molecule has 0 aliphatic carbocycles. The van der Waals surface area contributed by atoms with E-state index in [2.05, 4.69) is 9.40 Å². The fourth-order valence-electron chi connectivity index (χ4n) is 1.01. The summed E-state index contributed by atoms with van der Waals surface area (Å²) in [5, 5.41) is 0.243. The van der Waals surface area contributed by atoms with Crippen LogP contribution in [0.2, 0.25) is 5.15 Å². The van der Waals surface area contributed by atoms with Crippen LogP contribution in [0.5, 0.6) is 0 Å². The summed E-state index contributed by atoms with van der Waals surface area (Å²) in [6.45, 7) is 0. The largest absolute Gasteiger partial charge is 0.440 e. The molecule has 0 unspecified atom stereocenters. The molecule has 0 atom stereocenters. The number of benzene rings is 1. The zero-order chi connectivity index (χ0) is 9.42. The average Bonchev–Trinajstić information content (AvgIpc) is 2.06. The van der Waals surface area contributed by atoms with Crippen molar-refractivity contribution in [3.63, 3.8) is 0 Å².